The minimum absolute atomic E-state index is 0.363. The molecule has 0 unspecified atom stereocenters. The molecule has 4 rings (SSSR count). The molecule has 0 bridgehead atoms. The third-order valence-corrected chi connectivity index (χ3v) is 5.16. The first-order valence-corrected chi connectivity index (χ1v) is 9.49. The number of hydrogen-bond acceptors (Lipinski definition) is 8. The zero-order chi connectivity index (χ0) is 20.4. The number of benzene rings is 2. The average molecular weight is 407 g/mol. The molecule has 2 aromatic carbocycles. The maximum Gasteiger partial charge on any atom is 0.337 e. The van der Waals surface area contributed by atoms with Crippen LogP contribution >= 0.6 is 11.3 Å². The van der Waals surface area contributed by atoms with Crippen LogP contribution in [0.15, 0.2) is 53.9 Å². The van der Waals surface area contributed by atoms with Crippen molar-refractivity contribution in [2.45, 2.75) is 0 Å². The molecule has 0 saturated carbocycles. The Morgan fingerprint density at radius 3 is 2.66 bits per heavy atom. The second-order valence-electron chi connectivity index (χ2n) is 6.04. The zero-order valence-electron chi connectivity index (χ0n) is 15.7. The lowest BCUT2D eigenvalue weighted by Crippen LogP contribution is -2.04. The van der Waals surface area contributed by atoms with Gasteiger partial charge in [-0.3, -0.25) is 0 Å². The molecular formula is C20H17N5O3S. The second-order valence-corrected chi connectivity index (χ2v) is 6.90. The molecule has 0 fully saturated rings. The first-order chi connectivity index (χ1) is 14.1. The van der Waals surface area contributed by atoms with Crippen LogP contribution in [-0.2, 0) is 4.74 Å². The number of methoxy groups -OCH3 is 2. The van der Waals surface area contributed by atoms with Gasteiger partial charge in [0.25, 0.3) is 0 Å². The number of esters is 1. The molecule has 0 amide bonds. The number of hydrogen-bond donors (Lipinski definition) is 1. The van der Waals surface area contributed by atoms with Crippen molar-refractivity contribution in [1.29, 1.82) is 0 Å². The molecule has 0 aliphatic heterocycles. The molecule has 0 aliphatic rings. The number of rotatable bonds is 5. The van der Waals surface area contributed by atoms with Crippen molar-refractivity contribution < 1.29 is 14.3 Å². The maximum absolute atomic E-state index is 11.6. The van der Waals surface area contributed by atoms with Crippen molar-refractivity contribution >= 4 is 23.1 Å². The number of nitrogens with two attached hydrogens (primary N) is 1. The van der Waals surface area contributed by atoms with E-state index in [2.05, 4.69) is 15.3 Å². The highest BCUT2D eigenvalue weighted by Gasteiger charge is 2.17. The summed E-state index contributed by atoms with van der Waals surface area (Å²) in [7, 11) is 2.97. The molecule has 29 heavy (non-hydrogen) atoms. The summed E-state index contributed by atoms with van der Waals surface area (Å²) in [5.74, 6) is 0.719. The molecule has 0 atom stereocenters. The summed E-state index contributed by atoms with van der Waals surface area (Å²) >= 11 is 1.43. The monoisotopic (exact) mass is 407 g/mol. The lowest BCUT2D eigenvalue weighted by molar-refractivity contribution is 0.0600. The van der Waals surface area contributed by atoms with Crippen LogP contribution in [0, 0.1) is 0 Å². The first-order valence-electron chi connectivity index (χ1n) is 8.61. The summed E-state index contributed by atoms with van der Waals surface area (Å²) in [6, 6.07) is 14.4. The van der Waals surface area contributed by atoms with Crippen LogP contribution in [0.3, 0.4) is 0 Å². The fourth-order valence-corrected chi connectivity index (χ4v) is 3.61. The second kappa shape index (κ2) is 7.72. The third-order valence-electron chi connectivity index (χ3n) is 4.31. The highest BCUT2D eigenvalue weighted by atomic mass is 32.1. The molecular weight excluding hydrogens is 390 g/mol. The van der Waals surface area contributed by atoms with Crippen LogP contribution < -0.4 is 10.5 Å². The molecule has 2 aromatic heterocycles. The SMILES string of the molecule is COC(=O)c1ccc(-n2nnc(-c3nc(-c4cccc(OC)c4)cs3)c2N)cc1. The number of carbonyl (C=O) groups excluding carboxylic acids is 1. The van der Waals surface area contributed by atoms with Gasteiger partial charge >= 0.3 is 5.97 Å². The van der Waals surface area contributed by atoms with E-state index in [-0.39, 0.29) is 0 Å². The number of anilines is 1. The van der Waals surface area contributed by atoms with E-state index >= 15 is 0 Å². The van der Waals surface area contributed by atoms with E-state index in [4.69, 9.17) is 15.2 Å². The Morgan fingerprint density at radius 2 is 1.93 bits per heavy atom. The average Bonchev–Trinajstić information content (AvgIpc) is 3.40. The molecule has 0 saturated heterocycles. The van der Waals surface area contributed by atoms with Gasteiger partial charge in [-0.15, -0.1) is 16.4 Å². The van der Waals surface area contributed by atoms with Crippen molar-refractivity contribution in [3.05, 3.63) is 59.5 Å². The number of nitrogen functional groups attached to an aromatic ring is 1. The van der Waals surface area contributed by atoms with Crippen molar-refractivity contribution in [3.63, 3.8) is 0 Å². The molecule has 0 aliphatic carbocycles. The minimum Gasteiger partial charge on any atom is -0.497 e. The van der Waals surface area contributed by atoms with Crippen molar-refractivity contribution in [1.82, 2.24) is 20.0 Å². The molecule has 0 radical (unpaired) electrons. The van der Waals surface area contributed by atoms with Crippen LogP contribution in [0.25, 0.3) is 27.6 Å². The Bertz CT molecular complexity index is 1170. The Hall–Kier alpha value is -3.72. The summed E-state index contributed by atoms with van der Waals surface area (Å²) in [6.45, 7) is 0. The van der Waals surface area contributed by atoms with E-state index in [9.17, 15) is 4.79 Å². The Morgan fingerprint density at radius 1 is 1.14 bits per heavy atom. The highest BCUT2D eigenvalue weighted by molar-refractivity contribution is 7.13. The van der Waals surface area contributed by atoms with Gasteiger partial charge in [0.15, 0.2) is 11.5 Å². The number of aromatic nitrogens is 4. The van der Waals surface area contributed by atoms with E-state index in [1.54, 1.807) is 31.4 Å². The number of nitrogens with zero attached hydrogens (tertiary/aromatic N) is 4. The summed E-state index contributed by atoms with van der Waals surface area (Å²) in [4.78, 5) is 16.2. The number of carbonyl (C=O) groups is 1. The van der Waals surface area contributed by atoms with Gasteiger partial charge in [0.05, 0.1) is 31.2 Å². The fraction of sp³-hybridized carbons (Fsp3) is 0.100. The molecule has 2 N–H and O–H groups in total. The quantitative estimate of drug-likeness (QED) is 0.505. The van der Waals surface area contributed by atoms with Crippen molar-refractivity contribution in [2.24, 2.45) is 0 Å². The third kappa shape index (κ3) is 3.55. The number of thiazole rings is 1. The van der Waals surface area contributed by atoms with Crippen LogP contribution in [0.2, 0.25) is 0 Å². The molecule has 8 nitrogen and oxygen atoms in total. The minimum atomic E-state index is -0.406. The predicted octanol–water partition coefficient (Wildman–Crippen LogP) is 3.44. The maximum atomic E-state index is 11.6. The van der Waals surface area contributed by atoms with E-state index in [1.165, 1.54) is 23.1 Å². The van der Waals surface area contributed by atoms with E-state index in [0.29, 0.717) is 27.8 Å². The molecule has 4 aromatic rings. The fourth-order valence-electron chi connectivity index (χ4n) is 2.79. The zero-order valence-corrected chi connectivity index (χ0v) is 16.5. The smallest absolute Gasteiger partial charge is 0.337 e. The van der Waals surface area contributed by atoms with Gasteiger partial charge < -0.3 is 15.2 Å². The topological polar surface area (TPSA) is 105 Å². The molecule has 2 heterocycles. The van der Waals surface area contributed by atoms with Gasteiger partial charge in [-0.25, -0.2) is 9.78 Å². The Labute approximate surface area is 170 Å². The molecule has 0 spiro atoms. The largest absolute Gasteiger partial charge is 0.497 e. The van der Waals surface area contributed by atoms with Crippen LogP contribution in [0.4, 0.5) is 5.82 Å². The van der Waals surface area contributed by atoms with Crippen LogP contribution in [0.5, 0.6) is 5.75 Å². The van der Waals surface area contributed by atoms with E-state index < -0.39 is 5.97 Å². The van der Waals surface area contributed by atoms with Gasteiger partial charge in [-0.2, -0.15) is 4.68 Å². The predicted molar refractivity (Wildman–Crippen MR) is 110 cm³/mol. The number of ether oxygens (including phenoxy) is 2. The van der Waals surface area contributed by atoms with Crippen molar-refractivity contribution in [3.8, 4) is 33.4 Å². The first kappa shape index (κ1) is 18.6. The molecule has 9 heteroatoms. The Balaban J connectivity index is 1.64. The summed E-state index contributed by atoms with van der Waals surface area (Å²) in [5.41, 5.74) is 9.65. The van der Waals surface area contributed by atoms with Gasteiger partial charge in [-0.05, 0) is 36.4 Å². The van der Waals surface area contributed by atoms with Gasteiger partial charge in [0.2, 0.25) is 0 Å². The normalized spacial score (nSPS) is 10.7. The molecule has 146 valence electrons. The van der Waals surface area contributed by atoms with E-state index in [0.717, 1.165) is 17.0 Å². The van der Waals surface area contributed by atoms with Gasteiger partial charge in [-0.1, -0.05) is 17.3 Å². The summed E-state index contributed by atoms with van der Waals surface area (Å²) in [6.07, 6.45) is 0. The van der Waals surface area contributed by atoms with Crippen LogP contribution in [-0.4, -0.2) is 40.2 Å². The lowest BCUT2D eigenvalue weighted by Gasteiger charge is -2.04. The van der Waals surface area contributed by atoms with Gasteiger partial charge in [0.1, 0.15) is 10.8 Å². The highest BCUT2D eigenvalue weighted by Crippen LogP contribution is 2.32. The van der Waals surface area contributed by atoms with Crippen LogP contribution in [0.1, 0.15) is 10.4 Å². The summed E-state index contributed by atoms with van der Waals surface area (Å²) < 4.78 is 11.5. The van der Waals surface area contributed by atoms with Crippen molar-refractivity contribution in [2.75, 3.05) is 20.0 Å². The lowest BCUT2D eigenvalue weighted by atomic mass is 10.2. The van der Waals surface area contributed by atoms with Gasteiger partial charge in [0, 0.05) is 10.9 Å². The standard InChI is InChI=1S/C20H17N5O3S/c1-27-15-5-3-4-13(10-15)16-11-29-19(22-16)17-18(21)25(24-23-17)14-8-6-12(7-9-14)20(26)28-2/h3-11H,21H2,1-2H3. The Kier molecular flexibility index (Phi) is 4.96. The van der Waals surface area contributed by atoms with E-state index in [1.807, 2.05) is 29.6 Å². The summed E-state index contributed by atoms with van der Waals surface area (Å²) in [5, 5.41) is 10.9.